The zero-order chi connectivity index (χ0) is 12.9. The molecule has 1 saturated heterocycles. The topological polar surface area (TPSA) is 69.6 Å². The largest absolute Gasteiger partial charge is 0.480 e. The van der Waals surface area contributed by atoms with Crippen LogP contribution in [0.5, 0.6) is 0 Å². The average molecular weight is 242 g/mol. The van der Waals surface area contributed by atoms with Crippen LogP contribution in [0.4, 0.5) is 0 Å². The van der Waals surface area contributed by atoms with Crippen LogP contribution in [-0.4, -0.2) is 47.1 Å². The molecule has 0 saturated carbocycles. The summed E-state index contributed by atoms with van der Waals surface area (Å²) in [7, 11) is 0. The maximum Gasteiger partial charge on any atom is 0.328 e. The summed E-state index contributed by atoms with van der Waals surface area (Å²) in [5, 5.41) is 11.4. The molecule has 5 nitrogen and oxygen atoms in total. The molecule has 0 aromatic rings. The summed E-state index contributed by atoms with van der Waals surface area (Å²) in [6, 6.07) is 0. The molecule has 0 bridgehead atoms. The Morgan fingerprint density at radius 2 is 1.82 bits per heavy atom. The first-order chi connectivity index (χ1) is 7.92. The first-order valence-corrected chi connectivity index (χ1v) is 6.18. The van der Waals surface area contributed by atoms with Crippen LogP contribution in [0.1, 0.15) is 39.5 Å². The van der Waals surface area contributed by atoms with Gasteiger partial charge in [0, 0.05) is 13.0 Å². The molecule has 1 heterocycles. The highest BCUT2D eigenvalue weighted by Crippen LogP contribution is 2.09. The predicted octanol–water partition coefficient (Wildman–Crippen LogP) is 0.842. The molecule has 0 unspecified atom stereocenters. The Kier molecular flexibility index (Phi) is 4.93. The van der Waals surface area contributed by atoms with Gasteiger partial charge >= 0.3 is 5.97 Å². The Labute approximate surface area is 102 Å². The third kappa shape index (κ3) is 4.73. The fraction of sp³-hybridized carbons (Fsp3) is 0.833. The van der Waals surface area contributed by atoms with Crippen LogP contribution in [0.15, 0.2) is 0 Å². The van der Waals surface area contributed by atoms with Crippen LogP contribution in [0.3, 0.4) is 0 Å². The van der Waals surface area contributed by atoms with Crippen LogP contribution < -0.4 is 5.32 Å². The molecule has 0 radical (unpaired) electrons. The van der Waals surface area contributed by atoms with Gasteiger partial charge in [-0.15, -0.1) is 0 Å². The third-order valence-corrected chi connectivity index (χ3v) is 3.09. The number of carboxylic acid groups (broad SMARTS) is 1. The zero-order valence-electron chi connectivity index (χ0n) is 10.7. The number of piperidine rings is 1. The van der Waals surface area contributed by atoms with E-state index in [0.717, 1.165) is 19.6 Å². The van der Waals surface area contributed by atoms with Gasteiger partial charge in [0.25, 0.3) is 0 Å². The summed E-state index contributed by atoms with van der Waals surface area (Å²) in [4.78, 5) is 24.7. The van der Waals surface area contributed by atoms with Crippen molar-refractivity contribution in [2.24, 2.45) is 0 Å². The molecule has 0 aromatic heterocycles. The van der Waals surface area contributed by atoms with Crippen molar-refractivity contribution in [3.05, 3.63) is 0 Å². The molecule has 98 valence electrons. The van der Waals surface area contributed by atoms with Gasteiger partial charge in [0.15, 0.2) is 0 Å². The van der Waals surface area contributed by atoms with E-state index in [0.29, 0.717) is 6.42 Å². The van der Waals surface area contributed by atoms with E-state index in [4.69, 9.17) is 5.11 Å². The molecule has 1 amide bonds. The SMILES string of the molecule is CC(C)(NC(=O)CCN1CCCCC1)C(=O)O. The minimum absolute atomic E-state index is 0.192. The van der Waals surface area contributed by atoms with Gasteiger partial charge in [-0.05, 0) is 39.8 Å². The Hall–Kier alpha value is -1.10. The summed E-state index contributed by atoms with van der Waals surface area (Å²) in [6.07, 6.45) is 4.04. The van der Waals surface area contributed by atoms with Crippen molar-refractivity contribution in [1.82, 2.24) is 10.2 Å². The van der Waals surface area contributed by atoms with Crippen molar-refractivity contribution in [2.75, 3.05) is 19.6 Å². The summed E-state index contributed by atoms with van der Waals surface area (Å²) >= 11 is 0. The number of carbonyl (C=O) groups is 2. The molecule has 1 fully saturated rings. The van der Waals surface area contributed by atoms with E-state index in [2.05, 4.69) is 10.2 Å². The summed E-state index contributed by atoms with van der Waals surface area (Å²) in [5.74, 6) is -1.20. The van der Waals surface area contributed by atoms with E-state index in [-0.39, 0.29) is 5.91 Å². The average Bonchev–Trinajstić information content (AvgIpc) is 2.27. The molecule has 0 aliphatic carbocycles. The second-order valence-electron chi connectivity index (χ2n) is 5.13. The van der Waals surface area contributed by atoms with Crippen LogP contribution >= 0.6 is 0 Å². The normalized spacial score (nSPS) is 17.8. The van der Waals surface area contributed by atoms with Gasteiger partial charge in [0.2, 0.25) is 5.91 Å². The van der Waals surface area contributed by atoms with Gasteiger partial charge in [-0.25, -0.2) is 4.79 Å². The third-order valence-electron chi connectivity index (χ3n) is 3.09. The van der Waals surface area contributed by atoms with Crippen LogP contribution in [0, 0.1) is 0 Å². The molecule has 0 spiro atoms. The number of aliphatic carboxylic acids is 1. The number of carboxylic acids is 1. The fourth-order valence-corrected chi connectivity index (χ4v) is 1.91. The number of rotatable bonds is 5. The van der Waals surface area contributed by atoms with Crippen molar-refractivity contribution < 1.29 is 14.7 Å². The molecule has 1 aliphatic heterocycles. The van der Waals surface area contributed by atoms with Crippen LogP contribution in [0.25, 0.3) is 0 Å². The Morgan fingerprint density at radius 1 is 1.24 bits per heavy atom. The Balaban J connectivity index is 2.27. The van der Waals surface area contributed by atoms with Gasteiger partial charge < -0.3 is 15.3 Å². The van der Waals surface area contributed by atoms with Gasteiger partial charge in [-0.1, -0.05) is 6.42 Å². The molecule has 2 N–H and O–H groups in total. The molecule has 5 heteroatoms. The van der Waals surface area contributed by atoms with Gasteiger partial charge in [0.1, 0.15) is 5.54 Å². The zero-order valence-corrected chi connectivity index (χ0v) is 10.7. The minimum Gasteiger partial charge on any atom is -0.480 e. The quantitative estimate of drug-likeness (QED) is 0.749. The first kappa shape index (κ1) is 14.0. The van der Waals surface area contributed by atoms with Crippen LogP contribution in [0.2, 0.25) is 0 Å². The maximum absolute atomic E-state index is 11.6. The van der Waals surface area contributed by atoms with Crippen molar-refractivity contribution in [2.45, 2.75) is 45.1 Å². The van der Waals surface area contributed by atoms with Gasteiger partial charge in [0.05, 0.1) is 0 Å². The second kappa shape index (κ2) is 6.00. The predicted molar refractivity (Wildman–Crippen MR) is 64.8 cm³/mol. The van der Waals surface area contributed by atoms with Crippen molar-refractivity contribution >= 4 is 11.9 Å². The monoisotopic (exact) mass is 242 g/mol. The molecular formula is C12H22N2O3. The van der Waals surface area contributed by atoms with E-state index in [1.165, 1.54) is 33.1 Å². The lowest BCUT2D eigenvalue weighted by atomic mass is 10.1. The number of amides is 1. The second-order valence-corrected chi connectivity index (χ2v) is 5.13. The standard InChI is InChI=1S/C12H22N2O3/c1-12(2,11(16)17)13-10(15)6-9-14-7-4-3-5-8-14/h3-9H2,1-2H3,(H,13,15)(H,16,17). The highest BCUT2D eigenvalue weighted by Gasteiger charge is 2.28. The number of likely N-dealkylation sites (tertiary alicyclic amines) is 1. The summed E-state index contributed by atoms with van der Waals surface area (Å²) in [5.41, 5.74) is -1.18. The van der Waals surface area contributed by atoms with Gasteiger partial charge in [-0.3, -0.25) is 4.79 Å². The maximum atomic E-state index is 11.6. The van der Waals surface area contributed by atoms with E-state index < -0.39 is 11.5 Å². The number of hydrogen-bond donors (Lipinski definition) is 2. The summed E-state index contributed by atoms with van der Waals surface area (Å²) in [6.45, 7) is 5.81. The minimum atomic E-state index is -1.18. The lowest BCUT2D eigenvalue weighted by Crippen LogP contribution is -2.50. The fourth-order valence-electron chi connectivity index (χ4n) is 1.91. The number of nitrogens with zero attached hydrogens (tertiary/aromatic N) is 1. The number of carbonyl (C=O) groups excluding carboxylic acids is 1. The van der Waals surface area contributed by atoms with E-state index in [1.807, 2.05) is 0 Å². The Morgan fingerprint density at radius 3 is 2.35 bits per heavy atom. The van der Waals surface area contributed by atoms with Crippen molar-refractivity contribution in [3.8, 4) is 0 Å². The number of nitrogens with one attached hydrogen (secondary N) is 1. The molecule has 0 aromatic carbocycles. The Bertz CT molecular complexity index is 283. The van der Waals surface area contributed by atoms with Crippen LogP contribution in [-0.2, 0) is 9.59 Å². The highest BCUT2D eigenvalue weighted by atomic mass is 16.4. The number of hydrogen-bond acceptors (Lipinski definition) is 3. The van der Waals surface area contributed by atoms with Crippen molar-refractivity contribution in [3.63, 3.8) is 0 Å². The lowest BCUT2D eigenvalue weighted by molar-refractivity contribution is -0.146. The van der Waals surface area contributed by atoms with Gasteiger partial charge in [-0.2, -0.15) is 0 Å². The summed E-state index contributed by atoms with van der Waals surface area (Å²) < 4.78 is 0. The van der Waals surface area contributed by atoms with E-state index in [9.17, 15) is 9.59 Å². The molecular weight excluding hydrogens is 220 g/mol. The smallest absolute Gasteiger partial charge is 0.328 e. The molecule has 1 rings (SSSR count). The lowest BCUT2D eigenvalue weighted by Gasteiger charge is -2.27. The van der Waals surface area contributed by atoms with E-state index >= 15 is 0 Å². The van der Waals surface area contributed by atoms with E-state index in [1.54, 1.807) is 0 Å². The molecule has 0 atom stereocenters. The molecule has 1 aliphatic rings. The van der Waals surface area contributed by atoms with Crippen molar-refractivity contribution in [1.29, 1.82) is 0 Å². The highest BCUT2D eigenvalue weighted by molar-refractivity contribution is 5.86. The molecule has 17 heavy (non-hydrogen) atoms. The first-order valence-electron chi connectivity index (χ1n) is 6.18.